The molecule has 2 nitrogen and oxygen atoms in total. The molecule has 102 valence electrons. The SMILES string of the molecule is CCNCc1cc(F)ccc1N(C)Cc1ccsc1. The van der Waals surface area contributed by atoms with E-state index in [0.29, 0.717) is 6.54 Å². The predicted molar refractivity (Wildman–Crippen MR) is 80.2 cm³/mol. The molecule has 0 amide bonds. The van der Waals surface area contributed by atoms with Crippen LogP contribution in [0.4, 0.5) is 10.1 Å². The number of anilines is 1. The van der Waals surface area contributed by atoms with Gasteiger partial charge in [-0.05, 0) is 52.7 Å². The van der Waals surface area contributed by atoms with Crippen LogP contribution in [0.2, 0.25) is 0 Å². The van der Waals surface area contributed by atoms with Crippen LogP contribution in [0.5, 0.6) is 0 Å². The van der Waals surface area contributed by atoms with Crippen LogP contribution in [-0.2, 0) is 13.1 Å². The summed E-state index contributed by atoms with van der Waals surface area (Å²) in [6.45, 7) is 4.46. The molecule has 4 heteroatoms. The van der Waals surface area contributed by atoms with Crippen LogP contribution >= 0.6 is 11.3 Å². The molecule has 0 bridgehead atoms. The number of nitrogens with one attached hydrogen (secondary N) is 1. The van der Waals surface area contributed by atoms with Gasteiger partial charge in [0, 0.05) is 25.8 Å². The molecule has 0 radical (unpaired) electrons. The lowest BCUT2D eigenvalue weighted by atomic mass is 10.1. The molecule has 2 aromatic rings. The number of nitrogens with zero attached hydrogens (tertiary/aromatic N) is 1. The highest BCUT2D eigenvalue weighted by Crippen LogP contribution is 2.23. The predicted octanol–water partition coefficient (Wildman–Crippen LogP) is 3.63. The number of halogens is 1. The second-order valence-electron chi connectivity index (χ2n) is 4.54. The monoisotopic (exact) mass is 278 g/mol. The number of benzene rings is 1. The summed E-state index contributed by atoms with van der Waals surface area (Å²) in [5.74, 6) is -0.180. The Morgan fingerprint density at radius 3 is 2.84 bits per heavy atom. The van der Waals surface area contributed by atoms with Gasteiger partial charge in [0.1, 0.15) is 5.82 Å². The number of hydrogen-bond donors (Lipinski definition) is 1. The van der Waals surface area contributed by atoms with E-state index in [1.54, 1.807) is 17.4 Å². The van der Waals surface area contributed by atoms with Gasteiger partial charge in [0.15, 0.2) is 0 Å². The van der Waals surface area contributed by atoms with Gasteiger partial charge in [0.25, 0.3) is 0 Å². The molecule has 1 heterocycles. The molecule has 1 N–H and O–H groups in total. The first-order chi connectivity index (χ1) is 9.20. The van der Waals surface area contributed by atoms with Crippen molar-refractivity contribution in [2.45, 2.75) is 20.0 Å². The normalized spacial score (nSPS) is 10.7. The molecule has 2 rings (SSSR count). The average Bonchev–Trinajstić information content (AvgIpc) is 2.89. The minimum Gasteiger partial charge on any atom is -0.370 e. The molecule has 1 aromatic heterocycles. The Morgan fingerprint density at radius 1 is 1.32 bits per heavy atom. The summed E-state index contributed by atoms with van der Waals surface area (Å²) < 4.78 is 13.4. The van der Waals surface area contributed by atoms with E-state index in [1.165, 1.54) is 11.6 Å². The van der Waals surface area contributed by atoms with Crippen molar-refractivity contribution in [1.82, 2.24) is 5.32 Å². The average molecular weight is 278 g/mol. The van der Waals surface area contributed by atoms with E-state index in [9.17, 15) is 4.39 Å². The molecule has 0 aliphatic rings. The van der Waals surface area contributed by atoms with Crippen molar-refractivity contribution in [3.05, 3.63) is 52.0 Å². The third-order valence-corrected chi connectivity index (χ3v) is 3.75. The van der Waals surface area contributed by atoms with Gasteiger partial charge in [-0.3, -0.25) is 0 Å². The molecule has 0 atom stereocenters. The first kappa shape index (κ1) is 14.0. The van der Waals surface area contributed by atoms with Crippen LogP contribution in [0.3, 0.4) is 0 Å². The number of rotatable bonds is 6. The molecule has 0 saturated carbocycles. The van der Waals surface area contributed by atoms with Crippen molar-refractivity contribution in [3.63, 3.8) is 0 Å². The Labute approximate surface area is 117 Å². The van der Waals surface area contributed by atoms with Gasteiger partial charge >= 0.3 is 0 Å². The zero-order valence-electron chi connectivity index (χ0n) is 11.3. The Bertz CT molecular complexity index is 511. The van der Waals surface area contributed by atoms with Crippen LogP contribution in [-0.4, -0.2) is 13.6 Å². The molecule has 0 unspecified atom stereocenters. The highest BCUT2D eigenvalue weighted by molar-refractivity contribution is 7.07. The van der Waals surface area contributed by atoms with Gasteiger partial charge in [0.05, 0.1) is 0 Å². The number of thiophene rings is 1. The van der Waals surface area contributed by atoms with Gasteiger partial charge < -0.3 is 10.2 Å². The van der Waals surface area contributed by atoms with Crippen LogP contribution in [0.25, 0.3) is 0 Å². The maximum absolute atomic E-state index is 13.4. The smallest absolute Gasteiger partial charge is 0.123 e. The fourth-order valence-electron chi connectivity index (χ4n) is 2.07. The maximum Gasteiger partial charge on any atom is 0.123 e. The molecule has 1 aromatic carbocycles. The van der Waals surface area contributed by atoms with Gasteiger partial charge in [-0.2, -0.15) is 11.3 Å². The summed E-state index contributed by atoms with van der Waals surface area (Å²) >= 11 is 1.70. The summed E-state index contributed by atoms with van der Waals surface area (Å²) in [6.07, 6.45) is 0. The van der Waals surface area contributed by atoms with E-state index in [1.807, 2.05) is 20.0 Å². The largest absolute Gasteiger partial charge is 0.370 e. The van der Waals surface area contributed by atoms with E-state index in [4.69, 9.17) is 0 Å². The van der Waals surface area contributed by atoms with Crippen molar-refractivity contribution in [3.8, 4) is 0 Å². The molecule has 0 fully saturated rings. The Kier molecular flexibility index (Phi) is 4.93. The molecule has 0 aliphatic carbocycles. The minimum absolute atomic E-state index is 0.180. The maximum atomic E-state index is 13.4. The summed E-state index contributed by atoms with van der Waals surface area (Å²) in [6, 6.07) is 7.11. The van der Waals surface area contributed by atoms with Gasteiger partial charge in [0.2, 0.25) is 0 Å². The minimum atomic E-state index is -0.180. The van der Waals surface area contributed by atoms with E-state index in [-0.39, 0.29) is 5.82 Å². The van der Waals surface area contributed by atoms with Crippen molar-refractivity contribution in [2.24, 2.45) is 0 Å². The third kappa shape index (κ3) is 3.78. The van der Waals surface area contributed by atoms with Gasteiger partial charge in [-0.1, -0.05) is 6.92 Å². The van der Waals surface area contributed by atoms with E-state index >= 15 is 0 Å². The zero-order valence-corrected chi connectivity index (χ0v) is 12.1. The van der Waals surface area contributed by atoms with Crippen molar-refractivity contribution in [2.75, 3.05) is 18.5 Å². The Morgan fingerprint density at radius 2 is 2.16 bits per heavy atom. The fourth-order valence-corrected chi connectivity index (χ4v) is 2.73. The summed E-state index contributed by atoms with van der Waals surface area (Å²) in [7, 11) is 2.04. The van der Waals surface area contributed by atoms with Crippen molar-refractivity contribution < 1.29 is 4.39 Å². The quantitative estimate of drug-likeness (QED) is 0.868. The van der Waals surface area contributed by atoms with E-state index < -0.39 is 0 Å². The fraction of sp³-hybridized carbons (Fsp3) is 0.333. The van der Waals surface area contributed by atoms with E-state index in [0.717, 1.165) is 24.3 Å². The number of hydrogen-bond acceptors (Lipinski definition) is 3. The lowest BCUT2D eigenvalue weighted by Crippen LogP contribution is -2.20. The Balaban J connectivity index is 2.17. The summed E-state index contributed by atoms with van der Waals surface area (Å²) in [5, 5.41) is 7.47. The molecular weight excluding hydrogens is 259 g/mol. The first-order valence-corrected chi connectivity index (χ1v) is 7.36. The van der Waals surface area contributed by atoms with Crippen molar-refractivity contribution >= 4 is 17.0 Å². The molecule has 19 heavy (non-hydrogen) atoms. The van der Waals surface area contributed by atoms with Crippen LogP contribution in [0.15, 0.2) is 35.0 Å². The van der Waals surface area contributed by atoms with Crippen LogP contribution < -0.4 is 10.2 Å². The molecule has 0 aliphatic heterocycles. The molecule has 0 spiro atoms. The second-order valence-corrected chi connectivity index (χ2v) is 5.32. The lowest BCUT2D eigenvalue weighted by molar-refractivity contribution is 0.621. The Hall–Kier alpha value is -1.39. The summed E-state index contributed by atoms with van der Waals surface area (Å²) in [4.78, 5) is 2.16. The lowest BCUT2D eigenvalue weighted by Gasteiger charge is -2.22. The summed E-state index contributed by atoms with van der Waals surface area (Å²) in [5.41, 5.74) is 3.36. The topological polar surface area (TPSA) is 15.3 Å². The second kappa shape index (κ2) is 6.68. The first-order valence-electron chi connectivity index (χ1n) is 6.42. The van der Waals surface area contributed by atoms with Crippen LogP contribution in [0, 0.1) is 5.82 Å². The molecular formula is C15H19FN2S. The van der Waals surface area contributed by atoms with E-state index in [2.05, 4.69) is 27.0 Å². The standard InChI is InChI=1S/C15H19FN2S/c1-3-17-9-13-8-14(16)4-5-15(13)18(2)10-12-6-7-19-11-12/h4-8,11,17H,3,9-10H2,1-2H3. The van der Waals surface area contributed by atoms with Gasteiger partial charge in [-0.25, -0.2) is 4.39 Å². The third-order valence-electron chi connectivity index (χ3n) is 3.02. The van der Waals surface area contributed by atoms with Crippen LogP contribution in [0.1, 0.15) is 18.1 Å². The van der Waals surface area contributed by atoms with Gasteiger partial charge in [-0.15, -0.1) is 0 Å². The highest BCUT2D eigenvalue weighted by atomic mass is 32.1. The van der Waals surface area contributed by atoms with Crippen molar-refractivity contribution in [1.29, 1.82) is 0 Å². The zero-order chi connectivity index (χ0) is 13.7. The molecule has 0 saturated heterocycles. The highest BCUT2D eigenvalue weighted by Gasteiger charge is 2.09.